The summed E-state index contributed by atoms with van der Waals surface area (Å²) in [5, 5.41) is 2.72. The lowest BCUT2D eigenvalue weighted by Crippen LogP contribution is -2.06. The van der Waals surface area contributed by atoms with E-state index in [1.54, 1.807) is 0 Å². The predicted molar refractivity (Wildman–Crippen MR) is 59.1 cm³/mol. The first kappa shape index (κ1) is 11.6. The summed E-state index contributed by atoms with van der Waals surface area (Å²) in [6, 6.07) is 5.77. The fourth-order valence-electron chi connectivity index (χ4n) is 1.53. The van der Waals surface area contributed by atoms with Crippen molar-refractivity contribution in [2.75, 3.05) is 5.32 Å². The number of benzene rings is 1. The lowest BCUT2D eigenvalue weighted by Gasteiger charge is -2.09. The highest BCUT2D eigenvalue weighted by Gasteiger charge is 2.13. The Bertz CT molecular complexity index is 535. The summed E-state index contributed by atoms with van der Waals surface area (Å²) in [7, 11) is 1.85. The van der Waals surface area contributed by atoms with Crippen molar-refractivity contribution in [3.05, 3.63) is 53.6 Å². The van der Waals surface area contributed by atoms with Crippen LogP contribution in [0.5, 0.6) is 0 Å². The van der Waals surface area contributed by atoms with Gasteiger partial charge in [0.05, 0.1) is 12.2 Å². The van der Waals surface area contributed by atoms with Crippen molar-refractivity contribution in [1.29, 1.82) is 0 Å². The average Bonchev–Trinajstić information content (AvgIpc) is 2.71. The van der Waals surface area contributed by atoms with Gasteiger partial charge in [-0.2, -0.15) is 0 Å². The van der Waals surface area contributed by atoms with Crippen LogP contribution in [0.1, 0.15) is 5.69 Å². The van der Waals surface area contributed by atoms with Crippen LogP contribution < -0.4 is 5.32 Å². The van der Waals surface area contributed by atoms with Crippen LogP contribution >= 0.6 is 0 Å². The van der Waals surface area contributed by atoms with Gasteiger partial charge in [0, 0.05) is 18.9 Å². The van der Waals surface area contributed by atoms with Gasteiger partial charge in [0.25, 0.3) is 0 Å². The van der Waals surface area contributed by atoms with Gasteiger partial charge in [0.15, 0.2) is 17.5 Å². The van der Waals surface area contributed by atoms with Gasteiger partial charge in [-0.25, -0.2) is 13.2 Å². The maximum atomic E-state index is 13.3. The largest absolute Gasteiger partial charge is 0.377 e. The van der Waals surface area contributed by atoms with Crippen LogP contribution in [0.4, 0.5) is 18.9 Å². The van der Waals surface area contributed by atoms with E-state index >= 15 is 0 Å². The molecule has 5 heteroatoms. The molecule has 0 aliphatic heterocycles. The summed E-state index contributed by atoms with van der Waals surface area (Å²) < 4.78 is 40.8. The molecule has 90 valence electrons. The van der Waals surface area contributed by atoms with E-state index in [1.165, 1.54) is 6.07 Å². The minimum atomic E-state index is -1.46. The molecule has 0 spiro atoms. The lowest BCUT2D eigenvalue weighted by molar-refractivity contribution is 0.449. The molecule has 0 saturated carbocycles. The van der Waals surface area contributed by atoms with Crippen molar-refractivity contribution in [1.82, 2.24) is 4.57 Å². The molecule has 1 aromatic carbocycles. The molecule has 0 radical (unpaired) electrons. The summed E-state index contributed by atoms with van der Waals surface area (Å²) in [6.45, 7) is 0.339. The monoisotopic (exact) mass is 240 g/mol. The first-order valence-corrected chi connectivity index (χ1v) is 5.07. The zero-order valence-corrected chi connectivity index (χ0v) is 9.17. The Labute approximate surface area is 96.7 Å². The third-order valence-corrected chi connectivity index (χ3v) is 2.55. The molecule has 2 aromatic rings. The second-order valence-corrected chi connectivity index (χ2v) is 3.69. The standard InChI is InChI=1S/C12H11F3N2/c1-17-6-2-3-8(17)7-16-10-5-4-9(13)11(14)12(10)15/h2-6,16H,7H2,1H3. The maximum absolute atomic E-state index is 13.3. The van der Waals surface area contributed by atoms with Crippen LogP contribution in [0.15, 0.2) is 30.5 Å². The summed E-state index contributed by atoms with van der Waals surface area (Å²) in [5.41, 5.74) is 0.860. The first-order chi connectivity index (χ1) is 8.09. The number of rotatable bonds is 3. The van der Waals surface area contributed by atoms with Crippen molar-refractivity contribution in [3.63, 3.8) is 0 Å². The SMILES string of the molecule is Cn1cccc1CNc1ccc(F)c(F)c1F. The fourth-order valence-corrected chi connectivity index (χ4v) is 1.53. The second-order valence-electron chi connectivity index (χ2n) is 3.69. The van der Waals surface area contributed by atoms with Gasteiger partial charge in [-0.1, -0.05) is 0 Å². The van der Waals surface area contributed by atoms with Crippen molar-refractivity contribution < 1.29 is 13.2 Å². The average molecular weight is 240 g/mol. The molecule has 17 heavy (non-hydrogen) atoms. The Morgan fingerprint density at radius 2 is 1.88 bits per heavy atom. The number of anilines is 1. The molecule has 0 amide bonds. The summed E-state index contributed by atoms with van der Waals surface area (Å²) in [6.07, 6.45) is 1.85. The highest BCUT2D eigenvalue weighted by Crippen LogP contribution is 2.20. The van der Waals surface area contributed by atoms with Gasteiger partial charge in [-0.05, 0) is 24.3 Å². The van der Waals surface area contributed by atoms with Gasteiger partial charge >= 0.3 is 0 Å². The van der Waals surface area contributed by atoms with Gasteiger partial charge < -0.3 is 9.88 Å². The maximum Gasteiger partial charge on any atom is 0.196 e. The van der Waals surface area contributed by atoms with Crippen LogP contribution in [0.3, 0.4) is 0 Å². The molecule has 2 nitrogen and oxygen atoms in total. The van der Waals surface area contributed by atoms with Crippen LogP contribution in [0.25, 0.3) is 0 Å². The highest BCUT2D eigenvalue weighted by molar-refractivity contribution is 5.45. The lowest BCUT2D eigenvalue weighted by atomic mass is 10.2. The molecule has 0 saturated heterocycles. The topological polar surface area (TPSA) is 17.0 Å². The molecule has 0 bridgehead atoms. The second kappa shape index (κ2) is 4.53. The van der Waals surface area contributed by atoms with Crippen LogP contribution in [0, 0.1) is 17.5 Å². The van der Waals surface area contributed by atoms with Gasteiger partial charge in [0.1, 0.15) is 0 Å². The molecule has 0 aliphatic carbocycles. The Morgan fingerprint density at radius 1 is 1.12 bits per heavy atom. The van der Waals surface area contributed by atoms with E-state index in [4.69, 9.17) is 0 Å². The molecule has 0 unspecified atom stereocenters. The summed E-state index contributed by atoms with van der Waals surface area (Å²) in [4.78, 5) is 0. The van der Waals surface area contributed by atoms with Crippen molar-refractivity contribution in [2.45, 2.75) is 6.54 Å². The molecule has 1 aromatic heterocycles. The zero-order chi connectivity index (χ0) is 12.4. The summed E-state index contributed by atoms with van der Waals surface area (Å²) >= 11 is 0. The number of nitrogens with zero attached hydrogens (tertiary/aromatic N) is 1. The van der Waals surface area contributed by atoms with E-state index in [0.29, 0.717) is 6.54 Å². The smallest absolute Gasteiger partial charge is 0.196 e. The van der Waals surface area contributed by atoms with Crippen molar-refractivity contribution in [2.24, 2.45) is 7.05 Å². The van der Waals surface area contributed by atoms with E-state index in [9.17, 15) is 13.2 Å². The van der Waals surface area contributed by atoms with Crippen molar-refractivity contribution in [3.8, 4) is 0 Å². The highest BCUT2D eigenvalue weighted by atomic mass is 19.2. The van der Waals surface area contributed by atoms with Crippen LogP contribution in [-0.4, -0.2) is 4.57 Å². The number of nitrogens with one attached hydrogen (secondary N) is 1. The van der Waals surface area contributed by atoms with E-state index < -0.39 is 17.5 Å². The predicted octanol–water partition coefficient (Wildman–Crippen LogP) is 3.05. The number of halogens is 3. The first-order valence-electron chi connectivity index (χ1n) is 5.07. The third kappa shape index (κ3) is 2.27. The van der Waals surface area contributed by atoms with E-state index in [-0.39, 0.29) is 5.69 Å². The number of aryl methyl sites for hydroxylation is 1. The molecule has 0 aliphatic rings. The fraction of sp³-hybridized carbons (Fsp3) is 0.167. The minimum absolute atomic E-state index is 0.0508. The van der Waals surface area contributed by atoms with Gasteiger partial charge in [-0.15, -0.1) is 0 Å². The van der Waals surface area contributed by atoms with E-state index in [2.05, 4.69) is 5.32 Å². The Morgan fingerprint density at radius 3 is 2.53 bits per heavy atom. The number of aromatic nitrogens is 1. The zero-order valence-electron chi connectivity index (χ0n) is 9.17. The molecular formula is C12H11F3N2. The molecule has 1 heterocycles. The minimum Gasteiger partial charge on any atom is -0.377 e. The Hall–Kier alpha value is -1.91. The normalized spacial score (nSPS) is 10.6. The van der Waals surface area contributed by atoms with Gasteiger partial charge in [0.2, 0.25) is 0 Å². The molecular weight excluding hydrogens is 229 g/mol. The van der Waals surface area contributed by atoms with Crippen LogP contribution in [0.2, 0.25) is 0 Å². The Kier molecular flexibility index (Phi) is 3.08. The third-order valence-electron chi connectivity index (χ3n) is 2.55. The molecule has 1 N–H and O–H groups in total. The summed E-state index contributed by atoms with van der Waals surface area (Å²) in [5.74, 6) is -3.84. The van der Waals surface area contributed by atoms with Gasteiger partial charge in [-0.3, -0.25) is 0 Å². The van der Waals surface area contributed by atoms with Crippen molar-refractivity contribution >= 4 is 5.69 Å². The molecule has 0 fully saturated rings. The Balaban J connectivity index is 2.15. The number of hydrogen-bond acceptors (Lipinski definition) is 1. The number of hydrogen-bond donors (Lipinski definition) is 1. The van der Waals surface area contributed by atoms with E-state index in [1.807, 2.05) is 29.9 Å². The molecule has 2 rings (SSSR count). The molecule has 0 atom stereocenters. The quantitative estimate of drug-likeness (QED) is 0.816. The van der Waals surface area contributed by atoms with E-state index in [0.717, 1.165) is 11.8 Å². The van der Waals surface area contributed by atoms with Crippen LogP contribution in [-0.2, 0) is 13.6 Å².